The van der Waals surface area contributed by atoms with Crippen LogP contribution < -0.4 is 5.32 Å². The topological polar surface area (TPSA) is 86.1 Å². The number of aromatic nitrogens is 3. The summed E-state index contributed by atoms with van der Waals surface area (Å²) in [4.78, 5) is 26.5. The number of hydrogen-bond donors (Lipinski definition) is 1. The number of thioether (sulfide) groups is 1. The fourth-order valence-electron chi connectivity index (χ4n) is 7.81. The fraction of sp³-hybridized carbons (Fsp3) is 0.630. The third kappa shape index (κ3) is 4.42. The van der Waals surface area contributed by atoms with E-state index >= 15 is 0 Å². The molecule has 0 aromatic carbocycles. The highest BCUT2D eigenvalue weighted by molar-refractivity contribution is 7.99. The summed E-state index contributed by atoms with van der Waals surface area (Å²) in [7, 11) is 1.39. The second kappa shape index (κ2) is 9.63. The van der Waals surface area contributed by atoms with Gasteiger partial charge in [0.2, 0.25) is 5.91 Å². The predicted molar refractivity (Wildman–Crippen MR) is 142 cm³/mol. The van der Waals surface area contributed by atoms with Gasteiger partial charge in [-0.15, -0.1) is 28.1 Å². The number of aryl methyl sites for hydroxylation is 1. The van der Waals surface area contributed by atoms with Gasteiger partial charge < -0.3 is 14.6 Å². The molecule has 5 aliphatic rings. The zero-order valence-corrected chi connectivity index (χ0v) is 22.5. The number of amides is 1. The van der Waals surface area contributed by atoms with E-state index in [9.17, 15) is 9.59 Å². The summed E-state index contributed by atoms with van der Waals surface area (Å²) in [5, 5.41) is 13.4. The van der Waals surface area contributed by atoms with Crippen molar-refractivity contribution in [2.75, 3.05) is 18.2 Å². The Bertz CT molecular complexity index is 1160. The molecule has 192 valence electrons. The first-order valence-electron chi connectivity index (χ1n) is 13.2. The van der Waals surface area contributed by atoms with E-state index in [1.54, 1.807) is 0 Å². The summed E-state index contributed by atoms with van der Waals surface area (Å²) in [5.41, 5.74) is 1.94. The summed E-state index contributed by atoms with van der Waals surface area (Å²) < 4.78 is 7.14. The van der Waals surface area contributed by atoms with Crippen molar-refractivity contribution >= 4 is 40.0 Å². The fourth-order valence-corrected chi connectivity index (χ4v) is 9.87. The van der Waals surface area contributed by atoms with Gasteiger partial charge in [0.05, 0.1) is 18.4 Å². The third-order valence-electron chi connectivity index (χ3n) is 8.70. The molecule has 2 aromatic heterocycles. The van der Waals surface area contributed by atoms with Crippen LogP contribution in [0.4, 0.5) is 5.00 Å². The van der Waals surface area contributed by atoms with E-state index < -0.39 is 0 Å². The van der Waals surface area contributed by atoms with Crippen LogP contribution in [0.25, 0.3) is 0 Å². The number of hydrogen-bond acceptors (Lipinski definition) is 7. The molecule has 9 heteroatoms. The van der Waals surface area contributed by atoms with Gasteiger partial charge >= 0.3 is 5.97 Å². The maximum atomic E-state index is 12.9. The quantitative estimate of drug-likeness (QED) is 0.271. The minimum atomic E-state index is -0.377. The Kier molecular flexibility index (Phi) is 6.48. The number of nitrogens with one attached hydrogen (secondary N) is 1. The Hall–Kier alpha value is -2.13. The van der Waals surface area contributed by atoms with Crippen LogP contribution in [0.15, 0.2) is 17.8 Å². The lowest BCUT2D eigenvalue weighted by Crippen LogP contribution is -2.47. The molecule has 1 N–H and O–H groups in total. The maximum absolute atomic E-state index is 12.9. The Balaban J connectivity index is 1.14. The summed E-state index contributed by atoms with van der Waals surface area (Å²) in [6, 6.07) is 0. The number of nitrogens with zero attached hydrogens (tertiary/aromatic N) is 3. The smallest absolute Gasteiger partial charge is 0.341 e. The number of anilines is 1. The lowest BCUT2D eigenvalue weighted by Gasteiger charge is -2.56. The molecule has 0 unspecified atom stereocenters. The van der Waals surface area contributed by atoms with Crippen LogP contribution in [0.5, 0.6) is 0 Å². The summed E-state index contributed by atoms with van der Waals surface area (Å²) >= 11 is 2.90. The van der Waals surface area contributed by atoms with Crippen molar-refractivity contribution in [2.45, 2.75) is 75.9 Å². The van der Waals surface area contributed by atoms with Gasteiger partial charge in [0.15, 0.2) is 5.16 Å². The van der Waals surface area contributed by atoms with Gasteiger partial charge in [0.25, 0.3) is 0 Å². The van der Waals surface area contributed by atoms with E-state index in [-0.39, 0.29) is 17.6 Å². The Labute approximate surface area is 220 Å². The summed E-state index contributed by atoms with van der Waals surface area (Å²) in [6.45, 7) is 4.59. The van der Waals surface area contributed by atoms with Crippen molar-refractivity contribution in [2.24, 2.45) is 23.2 Å². The van der Waals surface area contributed by atoms with Crippen LogP contribution in [0.2, 0.25) is 0 Å². The first kappa shape index (κ1) is 24.2. The molecule has 4 bridgehead atoms. The minimum Gasteiger partial charge on any atom is -0.465 e. The molecule has 4 fully saturated rings. The minimum absolute atomic E-state index is 0.152. The molecule has 7 rings (SSSR count). The summed E-state index contributed by atoms with van der Waals surface area (Å²) in [5.74, 6) is 3.41. The highest BCUT2D eigenvalue weighted by Gasteiger charge is 2.51. The Morgan fingerprint density at radius 3 is 2.58 bits per heavy atom. The Morgan fingerprint density at radius 1 is 1.19 bits per heavy atom. The van der Waals surface area contributed by atoms with Crippen molar-refractivity contribution in [1.29, 1.82) is 0 Å². The van der Waals surface area contributed by atoms with E-state index in [0.29, 0.717) is 22.5 Å². The number of ether oxygens (including phenoxy) is 1. The third-order valence-corrected chi connectivity index (χ3v) is 10.9. The van der Waals surface area contributed by atoms with E-state index in [1.165, 1.54) is 73.6 Å². The van der Waals surface area contributed by atoms with Crippen molar-refractivity contribution in [3.05, 3.63) is 34.5 Å². The standard InChI is InChI=1S/C27H34N4O3S2/c1-3-7-31-21(14-27-11-16-8-17(12-27)10-18(9-16)13-27)29-30-26(31)35-15-22(32)28-24-23(25(33)34-2)19-5-4-6-20(19)36-24/h3,16-18H,1,4-15H2,2H3,(H,28,32). The molecule has 7 nitrogen and oxygen atoms in total. The molecule has 4 saturated carbocycles. The number of esters is 1. The van der Waals surface area contributed by atoms with Gasteiger partial charge in [0.1, 0.15) is 10.8 Å². The maximum Gasteiger partial charge on any atom is 0.341 e. The lowest BCUT2D eigenvalue weighted by atomic mass is 9.49. The molecule has 0 spiro atoms. The number of methoxy groups -OCH3 is 1. The lowest BCUT2D eigenvalue weighted by molar-refractivity contribution is -0.113. The van der Waals surface area contributed by atoms with Crippen molar-refractivity contribution < 1.29 is 14.3 Å². The molecule has 1 amide bonds. The Morgan fingerprint density at radius 2 is 1.92 bits per heavy atom. The van der Waals surface area contributed by atoms with Gasteiger partial charge in [-0.2, -0.15) is 0 Å². The SMILES string of the molecule is C=CCn1c(CC23CC4CC(CC(C4)C2)C3)nnc1SCC(=O)Nc1sc2c(c1C(=O)OC)CCC2. The van der Waals surface area contributed by atoms with E-state index in [4.69, 9.17) is 4.74 Å². The number of fused-ring (bicyclic) bond motifs is 1. The molecular formula is C27H34N4O3S2. The van der Waals surface area contributed by atoms with Crippen molar-refractivity contribution in [3.8, 4) is 0 Å². The van der Waals surface area contributed by atoms with Gasteiger partial charge in [-0.1, -0.05) is 17.8 Å². The molecule has 2 heterocycles. The van der Waals surface area contributed by atoms with Crippen molar-refractivity contribution in [1.82, 2.24) is 14.8 Å². The van der Waals surface area contributed by atoms with E-state index in [1.807, 2.05) is 6.08 Å². The number of carbonyl (C=O) groups is 2. The highest BCUT2D eigenvalue weighted by atomic mass is 32.2. The van der Waals surface area contributed by atoms with Crippen LogP contribution >= 0.6 is 23.1 Å². The molecule has 0 aliphatic heterocycles. The van der Waals surface area contributed by atoms with Gasteiger partial charge in [-0.25, -0.2) is 4.79 Å². The average Bonchev–Trinajstić information content (AvgIpc) is 3.52. The largest absolute Gasteiger partial charge is 0.465 e. The second-order valence-corrected chi connectivity index (χ2v) is 13.3. The second-order valence-electron chi connectivity index (χ2n) is 11.3. The zero-order chi connectivity index (χ0) is 24.9. The number of rotatable bonds is 9. The van der Waals surface area contributed by atoms with Gasteiger partial charge in [-0.3, -0.25) is 4.79 Å². The summed E-state index contributed by atoms with van der Waals surface area (Å²) in [6.07, 6.45) is 14.0. The van der Waals surface area contributed by atoms with E-state index in [0.717, 1.165) is 60.0 Å². The molecule has 5 aliphatic carbocycles. The number of thiophene rings is 1. The number of carbonyl (C=O) groups excluding carboxylic acids is 2. The number of allylic oxidation sites excluding steroid dienone is 1. The monoisotopic (exact) mass is 526 g/mol. The average molecular weight is 527 g/mol. The first-order chi connectivity index (χ1) is 17.5. The van der Waals surface area contributed by atoms with Crippen LogP contribution in [0.1, 0.15) is 71.6 Å². The van der Waals surface area contributed by atoms with Crippen LogP contribution in [0.3, 0.4) is 0 Å². The highest BCUT2D eigenvalue weighted by Crippen LogP contribution is 2.61. The van der Waals surface area contributed by atoms with Crippen LogP contribution in [-0.2, 0) is 35.3 Å². The zero-order valence-electron chi connectivity index (χ0n) is 20.9. The van der Waals surface area contributed by atoms with Crippen molar-refractivity contribution in [3.63, 3.8) is 0 Å². The van der Waals surface area contributed by atoms with Crippen LogP contribution in [0, 0.1) is 23.2 Å². The normalized spacial score (nSPS) is 27.8. The molecule has 0 saturated heterocycles. The molecule has 0 radical (unpaired) electrons. The molecule has 2 aromatic rings. The molecule has 36 heavy (non-hydrogen) atoms. The molecule has 0 atom stereocenters. The van der Waals surface area contributed by atoms with Crippen LogP contribution in [-0.4, -0.2) is 39.5 Å². The van der Waals surface area contributed by atoms with Gasteiger partial charge in [0, 0.05) is 17.8 Å². The van der Waals surface area contributed by atoms with Gasteiger partial charge in [-0.05, 0) is 86.5 Å². The predicted octanol–water partition coefficient (Wildman–Crippen LogP) is 5.29. The van der Waals surface area contributed by atoms with E-state index in [2.05, 4.69) is 26.7 Å². The molecular weight excluding hydrogens is 492 g/mol. The first-order valence-corrected chi connectivity index (χ1v) is 15.0.